The van der Waals surface area contributed by atoms with Crippen molar-refractivity contribution in [2.45, 2.75) is 50.7 Å². The second kappa shape index (κ2) is 4.88. The van der Waals surface area contributed by atoms with Gasteiger partial charge in [-0.15, -0.1) is 0 Å². The Bertz CT molecular complexity index is 527. The van der Waals surface area contributed by atoms with Crippen molar-refractivity contribution >= 4 is 5.91 Å². The lowest BCUT2D eigenvalue weighted by Crippen LogP contribution is -2.51. The minimum absolute atomic E-state index is 0.0518. The van der Waals surface area contributed by atoms with Crippen LogP contribution in [0.25, 0.3) is 0 Å². The summed E-state index contributed by atoms with van der Waals surface area (Å²) in [5.74, 6) is 1.84. The Morgan fingerprint density at radius 3 is 2.75 bits per heavy atom. The number of hydrogen-bond donors (Lipinski definition) is 2. The molecule has 2 N–H and O–H groups in total. The molecule has 2 aliphatic carbocycles. The maximum atomic E-state index is 12.5. The van der Waals surface area contributed by atoms with Gasteiger partial charge in [-0.3, -0.25) is 4.79 Å². The lowest BCUT2D eigenvalue weighted by molar-refractivity contribution is -0.124. The molecule has 1 amide bonds. The highest BCUT2D eigenvalue weighted by Crippen LogP contribution is 2.44. The molecule has 2 bridgehead atoms. The van der Waals surface area contributed by atoms with E-state index in [1.165, 1.54) is 36.8 Å². The molecule has 0 saturated heterocycles. The van der Waals surface area contributed by atoms with E-state index in [1.54, 1.807) is 0 Å². The van der Waals surface area contributed by atoms with Gasteiger partial charge in [0, 0.05) is 12.6 Å². The van der Waals surface area contributed by atoms with Gasteiger partial charge in [-0.2, -0.15) is 0 Å². The van der Waals surface area contributed by atoms with E-state index in [-0.39, 0.29) is 11.9 Å². The number of carbonyl (C=O) groups excluding carboxylic acids is 1. The minimum atomic E-state index is -0.0518. The van der Waals surface area contributed by atoms with Crippen LogP contribution in [0.1, 0.15) is 36.8 Å². The molecule has 0 aromatic heterocycles. The maximum absolute atomic E-state index is 12.5. The number of benzene rings is 1. The van der Waals surface area contributed by atoms with Crippen LogP contribution in [0.5, 0.6) is 0 Å². The monoisotopic (exact) mass is 270 g/mol. The zero-order chi connectivity index (χ0) is 13.5. The Kier molecular flexibility index (Phi) is 3.03. The normalized spacial score (nSPS) is 34.8. The van der Waals surface area contributed by atoms with E-state index in [0.29, 0.717) is 6.04 Å². The van der Waals surface area contributed by atoms with Crippen molar-refractivity contribution in [2.24, 2.45) is 11.8 Å². The van der Waals surface area contributed by atoms with Gasteiger partial charge in [0.15, 0.2) is 0 Å². The molecule has 20 heavy (non-hydrogen) atoms. The molecular weight excluding hydrogens is 248 g/mol. The number of carbonyl (C=O) groups is 1. The van der Waals surface area contributed by atoms with Crippen LogP contribution in [0, 0.1) is 11.8 Å². The standard InChI is InChI=1S/C17H22N2O/c20-17(19-15-8-11-5-6-13(15)7-11)16-9-12-3-1-2-4-14(12)10-18-16/h1-4,11,13,15-16,18H,5-10H2,(H,19,20)/t11?,13?,15?,16-/m0/s1. The first-order valence-electron chi connectivity index (χ1n) is 7.90. The van der Waals surface area contributed by atoms with Crippen LogP contribution in [0.2, 0.25) is 0 Å². The number of fused-ring (bicyclic) bond motifs is 3. The topological polar surface area (TPSA) is 41.1 Å². The van der Waals surface area contributed by atoms with Crippen LogP contribution in [0.4, 0.5) is 0 Å². The zero-order valence-corrected chi connectivity index (χ0v) is 11.8. The van der Waals surface area contributed by atoms with Crippen molar-refractivity contribution in [1.29, 1.82) is 0 Å². The highest BCUT2D eigenvalue weighted by Gasteiger charge is 2.40. The van der Waals surface area contributed by atoms with Crippen LogP contribution in [0.15, 0.2) is 24.3 Å². The first-order chi connectivity index (χ1) is 9.79. The Labute approximate surface area is 120 Å². The van der Waals surface area contributed by atoms with Gasteiger partial charge in [-0.1, -0.05) is 30.7 Å². The second-order valence-corrected chi connectivity index (χ2v) is 6.70. The minimum Gasteiger partial charge on any atom is -0.352 e. The molecule has 3 heteroatoms. The highest BCUT2D eigenvalue weighted by atomic mass is 16.2. The number of rotatable bonds is 2. The van der Waals surface area contributed by atoms with Gasteiger partial charge in [0.05, 0.1) is 6.04 Å². The van der Waals surface area contributed by atoms with Crippen molar-refractivity contribution in [3.8, 4) is 0 Å². The first-order valence-corrected chi connectivity index (χ1v) is 7.90. The molecule has 106 valence electrons. The van der Waals surface area contributed by atoms with E-state index in [0.717, 1.165) is 24.8 Å². The van der Waals surface area contributed by atoms with Crippen molar-refractivity contribution < 1.29 is 4.79 Å². The number of nitrogens with one attached hydrogen (secondary N) is 2. The summed E-state index contributed by atoms with van der Waals surface area (Å²) in [6.07, 6.45) is 6.07. The van der Waals surface area contributed by atoms with Crippen molar-refractivity contribution in [3.05, 3.63) is 35.4 Å². The van der Waals surface area contributed by atoms with Crippen LogP contribution in [0.3, 0.4) is 0 Å². The quantitative estimate of drug-likeness (QED) is 0.863. The van der Waals surface area contributed by atoms with Crippen LogP contribution < -0.4 is 10.6 Å². The van der Waals surface area contributed by atoms with Gasteiger partial charge in [0.25, 0.3) is 0 Å². The summed E-state index contributed by atoms with van der Waals surface area (Å²) in [6, 6.07) is 8.82. The van der Waals surface area contributed by atoms with E-state index in [2.05, 4.69) is 34.9 Å². The Morgan fingerprint density at radius 1 is 1.15 bits per heavy atom. The van der Waals surface area contributed by atoms with Gasteiger partial charge in [0.1, 0.15) is 0 Å². The van der Waals surface area contributed by atoms with Crippen molar-refractivity contribution in [2.75, 3.05) is 0 Å². The molecule has 3 nitrogen and oxygen atoms in total. The summed E-state index contributed by atoms with van der Waals surface area (Å²) < 4.78 is 0. The summed E-state index contributed by atoms with van der Waals surface area (Å²) in [5.41, 5.74) is 2.65. The summed E-state index contributed by atoms with van der Waals surface area (Å²) >= 11 is 0. The fraction of sp³-hybridized carbons (Fsp3) is 0.588. The van der Waals surface area contributed by atoms with Gasteiger partial charge in [-0.05, 0) is 48.6 Å². The van der Waals surface area contributed by atoms with E-state index in [9.17, 15) is 4.79 Å². The first kappa shape index (κ1) is 12.4. The molecule has 0 radical (unpaired) electrons. The lowest BCUT2D eigenvalue weighted by Gasteiger charge is -2.29. The highest BCUT2D eigenvalue weighted by molar-refractivity contribution is 5.82. The molecule has 1 heterocycles. The van der Waals surface area contributed by atoms with E-state index in [4.69, 9.17) is 0 Å². The molecule has 4 rings (SSSR count). The van der Waals surface area contributed by atoms with E-state index < -0.39 is 0 Å². The van der Waals surface area contributed by atoms with Gasteiger partial charge >= 0.3 is 0 Å². The third-order valence-electron chi connectivity index (χ3n) is 5.46. The molecule has 1 aromatic rings. The average Bonchev–Trinajstić information content (AvgIpc) is 3.09. The molecule has 0 spiro atoms. The Hall–Kier alpha value is -1.35. The SMILES string of the molecule is O=C(NC1CC2CCC1C2)[C@@H]1Cc2ccccc2CN1. The van der Waals surface area contributed by atoms with Crippen LogP contribution in [-0.4, -0.2) is 18.0 Å². The zero-order valence-electron chi connectivity index (χ0n) is 11.8. The molecule has 4 atom stereocenters. The molecule has 3 unspecified atom stereocenters. The Morgan fingerprint density at radius 2 is 2.00 bits per heavy atom. The predicted octanol–water partition coefficient (Wildman–Crippen LogP) is 2.01. The van der Waals surface area contributed by atoms with E-state index in [1.807, 2.05) is 0 Å². The van der Waals surface area contributed by atoms with E-state index >= 15 is 0 Å². The summed E-state index contributed by atoms with van der Waals surface area (Å²) in [6.45, 7) is 0.810. The van der Waals surface area contributed by atoms with Gasteiger partial charge in [-0.25, -0.2) is 0 Å². The summed E-state index contributed by atoms with van der Waals surface area (Å²) in [5, 5.41) is 6.69. The molecule has 2 saturated carbocycles. The fourth-order valence-corrected chi connectivity index (χ4v) is 4.34. The van der Waals surface area contributed by atoms with Crippen molar-refractivity contribution in [3.63, 3.8) is 0 Å². The van der Waals surface area contributed by atoms with Crippen LogP contribution in [-0.2, 0) is 17.8 Å². The third-order valence-corrected chi connectivity index (χ3v) is 5.46. The van der Waals surface area contributed by atoms with Crippen LogP contribution >= 0.6 is 0 Å². The number of hydrogen-bond acceptors (Lipinski definition) is 2. The Balaban J connectivity index is 1.40. The molecule has 3 aliphatic rings. The summed E-state index contributed by atoms with van der Waals surface area (Å²) in [4.78, 5) is 12.5. The summed E-state index contributed by atoms with van der Waals surface area (Å²) in [7, 11) is 0. The molecule has 2 fully saturated rings. The second-order valence-electron chi connectivity index (χ2n) is 6.70. The lowest BCUT2D eigenvalue weighted by atomic mass is 9.93. The van der Waals surface area contributed by atoms with Gasteiger partial charge < -0.3 is 10.6 Å². The third kappa shape index (κ3) is 2.14. The fourth-order valence-electron chi connectivity index (χ4n) is 4.34. The smallest absolute Gasteiger partial charge is 0.237 e. The van der Waals surface area contributed by atoms with Gasteiger partial charge in [0.2, 0.25) is 5.91 Å². The van der Waals surface area contributed by atoms with Crippen molar-refractivity contribution in [1.82, 2.24) is 10.6 Å². The average molecular weight is 270 g/mol. The molecule has 1 aliphatic heterocycles. The largest absolute Gasteiger partial charge is 0.352 e. The predicted molar refractivity (Wildman–Crippen MR) is 78.2 cm³/mol. The number of amides is 1. The molecular formula is C17H22N2O. The molecule has 1 aromatic carbocycles. The maximum Gasteiger partial charge on any atom is 0.237 e.